The van der Waals surface area contributed by atoms with Crippen molar-refractivity contribution in [1.29, 1.82) is 0 Å². The van der Waals surface area contributed by atoms with Crippen LogP contribution in [0.25, 0.3) is 0 Å². The zero-order valence-electron chi connectivity index (χ0n) is 14.1. The Labute approximate surface area is 142 Å². The molecular weight excluding hydrogens is 302 g/mol. The predicted octanol–water partition coefficient (Wildman–Crippen LogP) is 2.23. The Morgan fingerprint density at radius 2 is 1.96 bits per heavy atom. The number of fused-ring (bicyclic) bond motifs is 1. The lowest BCUT2D eigenvalue weighted by Gasteiger charge is -2.22. The Morgan fingerprint density at radius 1 is 1.12 bits per heavy atom. The Bertz CT molecular complexity index is 748. The lowest BCUT2D eigenvalue weighted by molar-refractivity contribution is 0.0786. The van der Waals surface area contributed by atoms with Crippen molar-refractivity contribution in [3.63, 3.8) is 0 Å². The van der Waals surface area contributed by atoms with Gasteiger partial charge in [0.15, 0.2) is 5.69 Å². The van der Waals surface area contributed by atoms with E-state index >= 15 is 0 Å². The van der Waals surface area contributed by atoms with Gasteiger partial charge in [-0.2, -0.15) is 5.10 Å². The number of carbonyl (C=O) groups excluding carboxylic acids is 1. The molecule has 126 valence electrons. The molecule has 1 saturated heterocycles. The smallest absolute Gasteiger partial charge is 0.274 e. The van der Waals surface area contributed by atoms with Gasteiger partial charge in [0.2, 0.25) is 0 Å². The number of aryl methyl sites for hydroxylation is 2. The van der Waals surface area contributed by atoms with Gasteiger partial charge in [-0.15, -0.1) is 0 Å². The summed E-state index contributed by atoms with van der Waals surface area (Å²) in [6.07, 6.45) is 5.05. The van der Waals surface area contributed by atoms with Crippen LogP contribution in [0.3, 0.4) is 0 Å². The first-order chi connectivity index (χ1) is 11.7. The second kappa shape index (κ2) is 6.26. The van der Waals surface area contributed by atoms with E-state index in [1.54, 1.807) is 0 Å². The van der Waals surface area contributed by atoms with Crippen molar-refractivity contribution in [2.75, 3.05) is 24.5 Å². The average molecular weight is 325 g/mol. The fraction of sp³-hybridized carbons (Fsp3) is 0.500. The van der Waals surface area contributed by atoms with Crippen molar-refractivity contribution >= 4 is 11.7 Å². The highest BCUT2D eigenvalue weighted by Crippen LogP contribution is 2.23. The van der Waals surface area contributed by atoms with Crippen molar-refractivity contribution in [3.05, 3.63) is 41.3 Å². The molecule has 1 amide bonds. The fourth-order valence-corrected chi connectivity index (χ4v) is 3.64. The number of rotatable bonds is 2. The monoisotopic (exact) mass is 325 g/mol. The first-order valence-corrected chi connectivity index (χ1v) is 8.75. The van der Waals surface area contributed by atoms with E-state index in [0.717, 1.165) is 63.5 Å². The van der Waals surface area contributed by atoms with Crippen LogP contribution in [0.2, 0.25) is 0 Å². The van der Waals surface area contributed by atoms with Gasteiger partial charge < -0.3 is 9.80 Å². The van der Waals surface area contributed by atoms with Crippen molar-refractivity contribution < 1.29 is 4.79 Å². The van der Waals surface area contributed by atoms with E-state index in [0.29, 0.717) is 5.69 Å². The van der Waals surface area contributed by atoms with E-state index in [2.05, 4.69) is 28.0 Å². The van der Waals surface area contributed by atoms with Crippen LogP contribution in [-0.2, 0) is 13.1 Å². The number of anilines is 1. The maximum absolute atomic E-state index is 12.6. The van der Waals surface area contributed by atoms with Crippen molar-refractivity contribution in [2.45, 2.75) is 39.3 Å². The average Bonchev–Trinajstić information content (AvgIpc) is 3.21. The zero-order chi connectivity index (χ0) is 16.5. The molecule has 1 fully saturated rings. The highest BCUT2D eigenvalue weighted by Gasteiger charge is 2.25. The molecule has 2 aliphatic heterocycles. The van der Waals surface area contributed by atoms with Gasteiger partial charge in [-0.3, -0.25) is 9.48 Å². The van der Waals surface area contributed by atoms with Crippen molar-refractivity contribution in [2.24, 2.45) is 0 Å². The van der Waals surface area contributed by atoms with Gasteiger partial charge in [0.25, 0.3) is 5.91 Å². The number of hydrogen-bond acceptors (Lipinski definition) is 4. The van der Waals surface area contributed by atoms with Crippen LogP contribution in [0.1, 0.15) is 41.0 Å². The third-order valence-corrected chi connectivity index (χ3v) is 4.91. The summed E-state index contributed by atoms with van der Waals surface area (Å²) in [5, 5.41) is 4.58. The second-order valence-corrected chi connectivity index (χ2v) is 6.66. The quantitative estimate of drug-likeness (QED) is 0.850. The van der Waals surface area contributed by atoms with E-state index in [1.807, 2.05) is 27.9 Å². The van der Waals surface area contributed by atoms with Gasteiger partial charge in [0.1, 0.15) is 5.82 Å². The summed E-state index contributed by atoms with van der Waals surface area (Å²) in [6.45, 7) is 6.37. The molecule has 6 heteroatoms. The number of hydrogen-bond donors (Lipinski definition) is 0. The molecule has 0 saturated carbocycles. The van der Waals surface area contributed by atoms with Gasteiger partial charge in [-0.1, -0.05) is 6.07 Å². The van der Waals surface area contributed by atoms with Crippen molar-refractivity contribution in [1.82, 2.24) is 19.7 Å². The number of nitrogens with zero attached hydrogens (tertiary/aromatic N) is 5. The summed E-state index contributed by atoms with van der Waals surface area (Å²) in [7, 11) is 0. The Morgan fingerprint density at radius 3 is 2.75 bits per heavy atom. The van der Waals surface area contributed by atoms with E-state index in [1.165, 1.54) is 5.56 Å². The number of carbonyl (C=O) groups is 1. The largest absolute Gasteiger partial charge is 0.350 e. The van der Waals surface area contributed by atoms with Gasteiger partial charge >= 0.3 is 0 Å². The van der Waals surface area contributed by atoms with Crippen LogP contribution >= 0.6 is 0 Å². The van der Waals surface area contributed by atoms with Crippen LogP contribution in [0.5, 0.6) is 0 Å². The molecule has 0 unspecified atom stereocenters. The molecule has 6 nitrogen and oxygen atoms in total. The minimum absolute atomic E-state index is 0.0774. The molecule has 24 heavy (non-hydrogen) atoms. The lowest BCUT2D eigenvalue weighted by Crippen LogP contribution is -2.28. The molecular formula is C18H23N5O. The van der Waals surface area contributed by atoms with Crippen LogP contribution in [0, 0.1) is 6.92 Å². The minimum Gasteiger partial charge on any atom is -0.350 e. The molecule has 0 N–H and O–H groups in total. The minimum atomic E-state index is 0.0774. The molecule has 4 rings (SSSR count). The third kappa shape index (κ3) is 2.77. The maximum Gasteiger partial charge on any atom is 0.274 e. The normalized spacial score (nSPS) is 17.7. The molecule has 2 aromatic heterocycles. The first-order valence-electron chi connectivity index (χ1n) is 8.75. The molecule has 0 aliphatic carbocycles. The lowest BCUT2D eigenvalue weighted by atomic mass is 10.2. The third-order valence-electron chi connectivity index (χ3n) is 4.91. The van der Waals surface area contributed by atoms with Crippen LogP contribution < -0.4 is 4.90 Å². The molecule has 0 aromatic carbocycles. The van der Waals surface area contributed by atoms with Gasteiger partial charge in [-0.05, 0) is 43.9 Å². The molecule has 2 aliphatic rings. The number of likely N-dealkylation sites (tertiary alicyclic amines) is 1. The predicted molar refractivity (Wildman–Crippen MR) is 92.0 cm³/mol. The Kier molecular flexibility index (Phi) is 3.96. The standard InChI is InChI=1S/C18H23N5O/c1-14-6-4-7-19-17(14)22-10-5-11-23-15(13-22)12-16(20-23)18(24)21-8-2-3-9-21/h4,6-7,12H,2-3,5,8-11,13H2,1H3. The topological polar surface area (TPSA) is 54.3 Å². The summed E-state index contributed by atoms with van der Waals surface area (Å²) >= 11 is 0. The van der Waals surface area contributed by atoms with Crippen LogP contribution in [0.15, 0.2) is 24.4 Å². The zero-order valence-corrected chi connectivity index (χ0v) is 14.1. The number of aromatic nitrogens is 3. The highest BCUT2D eigenvalue weighted by molar-refractivity contribution is 5.92. The van der Waals surface area contributed by atoms with Crippen molar-refractivity contribution in [3.8, 4) is 0 Å². The summed E-state index contributed by atoms with van der Waals surface area (Å²) in [4.78, 5) is 21.3. The van der Waals surface area contributed by atoms with E-state index in [-0.39, 0.29) is 5.91 Å². The highest BCUT2D eigenvalue weighted by atomic mass is 16.2. The van der Waals surface area contributed by atoms with Gasteiger partial charge in [0, 0.05) is 32.4 Å². The van der Waals surface area contributed by atoms with E-state index in [4.69, 9.17) is 0 Å². The Hall–Kier alpha value is -2.37. The number of amides is 1. The van der Waals surface area contributed by atoms with Crippen LogP contribution in [0.4, 0.5) is 5.82 Å². The molecule has 0 bridgehead atoms. The summed E-state index contributed by atoms with van der Waals surface area (Å²) < 4.78 is 2.00. The molecule has 4 heterocycles. The Balaban J connectivity index is 1.59. The van der Waals surface area contributed by atoms with Gasteiger partial charge in [-0.25, -0.2) is 4.98 Å². The van der Waals surface area contributed by atoms with Crippen LogP contribution in [-0.4, -0.2) is 45.2 Å². The SMILES string of the molecule is Cc1cccnc1N1CCCn2nc(C(=O)N3CCCC3)cc2C1. The van der Waals surface area contributed by atoms with E-state index in [9.17, 15) is 4.79 Å². The second-order valence-electron chi connectivity index (χ2n) is 6.66. The fourth-order valence-electron chi connectivity index (χ4n) is 3.64. The summed E-state index contributed by atoms with van der Waals surface area (Å²) in [5.74, 6) is 1.10. The molecule has 0 spiro atoms. The van der Waals surface area contributed by atoms with E-state index < -0.39 is 0 Å². The molecule has 0 radical (unpaired) electrons. The summed E-state index contributed by atoms with van der Waals surface area (Å²) in [5.41, 5.74) is 2.87. The first kappa shape index (κ1) is 15.2. The number of pyridine rings is 1. The molecule has 0 atom stereocenters. The summed E-state index contributed by atoms with van der Waals surface area (Å²) in [6, 6.07) is 6.03. The van der Waals surface area contributed by atoms with Gasteiger partial charge in [0.05, 0.1) is 12.2 Å². The molecule has 2 aromatic rings. The maximum atomic E-state index is 12.6.